The molecule has 4 aromatic rings. The van der Waals surface area contributed by atoms with E-state index in [-0.39, 0.29) is 17.2 Å². The minimum atomic E-state index is -3.33. The minimum absolute atomic E-state index is 0.218. The van der Waals surface area contributed by atoms with E-state index < -0.39 is 28.1 Å². The van der Waals surface area contributed by atoms with Crippen LogP contribution in [0, 0.1) is 0 Å². The number of sulfone groups is 1. The van der Waals surface area contributed by atoms with E-state index in [0.717, 1.165) is 22.9 Å². The van der Waals surface area contributed by atoms with Crippen LogP contribution >= 0.6 is 23.2 Å². The van der Waals surface area contributed by atoms with Gasteiger partial charge in [-0.3, -0.25) is 14.7 Å². The Morgan fingerprint density at radius 2 is 1.47 bits per heavy atom. The molecule has 1 amide bonds. The second kappa shape index (κ2) is 10.9. The van der Waals surface area contributed by atoms with E-state index >= 15 is 0 Å². The normalized spacial score (nSPS) is 19.9. The largest absolute Gasteiger partial charge is 0.358 e. The van der Waals surface area contributed by atoms with Gasteiger partial charge in [0.15, 0.2) is 9.84 Å². The molecule has 194 valence electrons. The number of carbonyl (C=O) groups excluding carboxylic acids is 1. The fourth-order valence-electron chi connectivity index (χ4n) is 4.64. The zero-order chi connectivity index (χ0) is 26.9. The summed E-state index contributed by atoms with van der Waals surface area (Å²) in [4.78, 5) is 20.3. The Morgan fingerprint density at radius 3 is 2.03 bits per heavy atom. The van der Waals surface area contributed by atoms with Crippen LogP contribution in [0.4, 0.5) is 5.69 Å². The molecule has 1 fully saturated rings. The molecule has 0 saturated carbocycles. The molecule has 5 rings (SSSR count). The Morgan fingerprint density at radius 1 is 0.868 bits per heavy atom. The first-order valence-corrected chi connectivity index (χ1v) is 14.5. The van der Waals surface area contributed by atoms with Gasteiger partial charge in [0.25, 0.3) is 5.91 Å². The maximum Gasteiger partial charge on any atom is 0.257 e. The predicted octanol–water partition coefficient (Wildman–Crippen LogP) is 6.25. The minimum Gasteiger partial charge on any atom is -0.358 e. The van der Waals surface area contributed by atoms with Crippen LogP contribution in [-0.2, 0) is 25.8 Å². The SMILES string of the molecule is CS(=O)(=O)c1ccc(C[C@@H]2O[C@@H](c3ccc(Cl)cc3)[C@@H](c3ccc(Cl)cc3)N(c3cccnc3)C2=O)cc1. The van der Waals surface area contributed by atoms with Gasteiger partial charge in [-0.1, -0.05) is 59.6 Å². The Hall–Kier alpha value is -3.23. The van der Waals surface area contributed by atoms with Gasteiger partial charge in [0.2, 0.25) is 0 Å². The third kappa shape index (κ3) is 5.61. The third-order valence-electron chi connectivity index (χ3n) is 6.50. The van der Waals surface area contributed by atoms with E-state index in [4.69, 9.17) is 27.9 Å². The summed E-state index contributed by atoms with van der Waals surface area (Å²) < 4.78 is 30.4. The second-order valence-corrected chi connectivity index (χ2v) is 12.0. The average molecular weight is 567 g/mol. The summed E-state index contributed by atoms with van der Waals surface area (Å²) >= 11 is 12.4. The van der Waals surface area contributed by atoms with Crippen molar-refractivity contribution in [3.8, 4) is 0 Å². The summed E-state index contributed by atoms with van der Waals surface area (Å²) in [5.41, 5.74) is 3.12. The molecule has 1 saturated heterocycles. The van der Waals surface area contributed by atoms with Gasteiger partial charge in [-0.05, 0) is 65.2 Å². The van der Waals surface area contributed by atoms with Crippen LogP contribution < -0.4 is 4.90 Å². The highest BCUT2D eigenvalue weighted by atomic mass is 35.5. The van der Waals surface area contributed by atoms with Gasteiger partial charge in [0, 0.05) is 28.9 Å². The molecule has 0 N–H and O–H groups in total. The number of amides is 1. The number of anilines is 1. The van der Waals surface area contributed by atoms with E-state index in [9.17, 15) is 13.2 Å². The fourth-order valence-corrected chi connectivity index (χ4v) is 5.52. The molecule has 1 aliphatic rings. The van der Waals surface area contributed by atoms with E-state index in [1.807, 2.05) is 30.3 Å². The van der Waals surface area contributed by atoms with Gasteiger partial charge in [-0.25, -0.2) is 8.42 Å². The van der Waals surface area contributed by atoms with E-state index in [0.29, 0.717) is 15.7 Å². The zero-order valence-electron chi connectivity index (χ0n) is 20.4. The smallest absolute Gasteiger partial charge is 0.257 e. The molecule has 2 heterocycles. The Bertz CT molecular complexity index is 1530. The molecule has 0 aliphatic carbocycles. The van der Waals surface area contributed by atoms with Crippen LogP contribution in [-0.4, -0.2) is 31.7 Å². The molecule has 1 aliphatic heterocycles. The second-order valence-electron chi connectivity index (χ2n) is 9.13. The van der Waals surface area contributed by atoms with Gasteiger partial charge in [0.05, 0.1) is 22.8 Å². The summed E-state index contributed by atoms with van der Waals surface area (Å²) in [6.07, 6.45) is 3.37. The number of halogens is 2. The van der Waals surface area contributed by atoms with Gasteiger partial charge < -0.3 is 4.74 Å². The number of hydrogen-bond acceptors (Lipinski definition) is 5. The summed E-state index contributed by atoms with van der Waals surface area (Å²) in [5.74, 6) is -0.227. The molecule has 0 unspecified atom stereocenters. The standard InChI is InChI=1S/C29H24Cl2N2O4S/c1-38(35,36)25-14-4-19(5-15-25)17-26-29(34)33(24-3-2-16-32-18-24)27(20-6-10-22(30)11-7-20)28(37-26)21-8-12-23(31)13-9-21/h2-16,18,26-28H,17H2,1H3/t26-,27+,28-/m0/s1. The number of benzene rings is 3. The lowest BCUT2D eigenvalue weighted by atomic mass is 9.90. The lowest BCUT2D eigenvalue weighted by molar-refractivity contribution is -0.145. The fraction of sp³-hybridized carbons (Fsp3) is 0.172. The van der Waals surface area contributed by atoms with Crippen LogP contribution in [0.2, 0.25) is 10.0 Å². The quantitative estimate of drug-likeness (QED) is 0.275. The predicted molar refractivity (Wildman–Crippen MR) is 148 cm³/mol. The number of pyridine rings is 1. The van der Waals surface area contributed by atoms with Crippen LogP contribution in [0.1, 0.15) is 28.8 Å². The van der Waals surface area contributed by atoms with Crippen molar-refractivity contribution in [3.05, 3.63) is 124 Å². The Balaban J connectivity index is 1.59. The number of rotatable bonds is 6. The third-order valence-corrected chi connectivity index (χ3v) is 8.13. The monoisotopic (exact) mass is 566 g/mol. The maximum absolute atomic E-state index is 14.1. The number of aromatic nitrogens is 1. The highest BCUT2D eigenvalue weighted by Gasteiger charge is 2.45. The molecular weight excluding hydrogens is 543 g/mol. The van der Waals surface area contributed by atoms with Crippen LogP contribution in [0.5, 0.6) is 0 Å². The lowest BCUT2D eigenvalue weighted by Crippen LogP contribution is -2.51. The van der Waals surface area contributed by atoms with Crippen molar-refractivity contribution >= 4 is 44.6 Å². The summed E-state index contributed by atoms with van der Waals surface area (Å²) in [5, 5.41) is 1.18. The Kier molecular flexibility index (Phi) is 7.54. The molecule has 0 radical (unpaired) electrons. The molecule has 6 nitrogen and oxygen atoms in total. The molecule has 0 spiro atoms. The molecular formula is C29H24Cl2N2O4S. The summed E-state index contributed by atoms with van der Waals surface area (Å²) in [7, 11) is -3.33. The van der Waals surface area contributed by atoms with Gasteiger partial charge >= 0.3 is 0 Å². The summed E-state index contributed by atoms with van der Waals surface area (Å²) in [6.45, 7) is 0. The number of carbonyl (C=O) groups is 1. The first-order chi connectivity index (χ1) is 18.2. The first-order valence-electron chi connectivity index (χ1n) is 11.9. The maximum atomic E-state index is 14.1. The Labute approximate surface area is 231 Å². The van der Waals surface area contributed by atoms with Crippen molar-refractivity contribution < 1.29 is 17.9 Å². The highest BCUT2D eigenvalue weighted by molar-refractivity contribution is 7.90. The van der Waals surface area contributed by atoms with Crippen LogP contribution in [0.15, 0.2) is 102 Å². The van der Waals surface area contributed by atoms with Crippen molar-refractivity contribution in [1.29, 1.82) is 0 Å². The topological polar surface area (TPSA) is 76.6 Å². The molecule has 3 aromatic carbocycles. The molecule has 38 heavy (non-hydrogen) atoms. The van der Waals surface area contributed by atoms with Crippen molar-refractivity contribution in [2.75, 3.05) is 11.2 Å². The van der Waals surface area contributed by atoms with Gasteiger partial charge in [-0.15, -0.1) is 0 Å². The van der Waals surface area contributed by atoms with Gasteiger partial charge in [-0.2, -0.15) is 0 Å². The van der Waals surface area contributed by atoms with Crippen molar-refractivity contribution in [2.45, 2.75) is 29.6 Å². The first kappa shape index (κ1) is 26.4. The van der Waals surface area contributed by atoms with Crippen LogP contribution in [0.3, 0.4) is 0 Å². The zero-order valence-corrected chi connectivity index (χ0v) is 22.7. The van der Waals surface area contributed by atoms with Gasteiger partial charge in [0.1, 0.15) is 12.2 Å². The molecule has 3 atom stereocenters. The van der Waals surface area contributed by atoms with Crippen LogP contribution in [0.25, 0.3) is 0 Å². The number of hydrogen-bond donors (Lipinski definition) is 0. The van der Waals surface area contributed by atoms with E-state index in [1.165, 1.54) is 0 Å². The summed E-state index contributed by atoms with van der Waals surface area (Å²) in [6, 6.07) is 24.4. The number of ether oxygens (including phenoxy) is 1. The lowest BCUT2D eigenvalue weighted by Gasteiger charge is -2.44. The van der Waals surface area contributed by atoms with Crippen molar-refractivity contribution in [1.82, 2.24) is 4.98 Å². The molecule has 9 heteroatoms. The van der Waals surface area contributed by atoms with Crippen molar-refractivity contribution in [3.63, 3.8) is 0 Å². The average Bonchev–Trinajstić information content (AvgIpc) is 2.91. The number of nitrogens with zero attached hydrogens (tertiary/aromatic N) is 2. The van der Waals surface area contributed by atoms with E-state index in [2.05, 4.69) is 4.98 Å². The molecule has 1 aromatic heterocycles. The van der Waals surface area contributed by atoms with Crippen molar-refractivity contribution in [2.24, 2.45) is 0 Å². The van der Waals surface area contributed by atoms with E-state index in [1.54, 1.807) is 71.9 Å². The highest BCUT2D eigenvalue weighted by Crippen LogP contribution is 2.45. The molecule has 0 bridgehead atoms. The number of morpholine rings is 1.